The molecule has 0 aliphatic heterocycles. The Labute approximate surface area is 118 Å². The number of oxime groups is 1. The predicted molar refractivity (Wildman–Crippen MR) is 77.7 cm³/mol. The van der Waals surface area contributed by atoms with Crippen LogP contribution in [0.15, 0.2) is 29.4 Å². The topological polar surface area (TPSA) is 87.7 Å². The molecule has 2 rings (SSSR count). The van der Waals surface area contributed by atoms with Gasteiger partial charge in [0.25, 0.3) is 0 Å². The second kappa shape index (κ2) is 6.41. The fourth-order valence-corrected chi connectivity index (χ4v) is 2.61. The molecule has 2 unspecified atom stereocenters. The number of hydrogen-bond donors (Lipinski definition) is 3. The van der Waals surface area contributed by atoms with Crippen LogP contribution in [-0.2, 0) is 11.2 Å². The summed E-state index contributed by atoms with van der Waals surface area (Å²) in [5, 5.41) is 14.5. The van der Waals surface area contributed by atoms with Gasteiger partial charge in [0.2, 0.25) is 5.91 Å². The molecule has 0 saturated heterocycles. The Kier molecular flexibility index (Phi) is 4.61. The fourth-order valence-electron chi connectivity index (χ4n) is 2.61. The minimum absolute atomic E-state index is 0.0229. The Hall–Kier alpha value is -2.04. The van der Waals surface area contributed by atoms with E-state index in [-0.39, 0.29) is 23.6 Å². The fraction of sp³-hybridized carbons (Fsp3) is 0.467. The summed E-state index contributed by atoms with van der Waals surface area (Å²) < 4.78 is 0. The Balaban J connectivity index is 2.01. The van der Waals surface area contributed by atoms with Crippen LogP contribution >= 0.6 is 0 Å². The molecule has 0 spiro atoms. The average Bonchev–Trinajstić information content (AvgIpc) is 2.50. The second-order valence-electron chi connectivity index (χ2n) is 5.31. The van der Waals surface area contributed by atoms with Crippen LogP contribution in [0.25, 0.3) is 0 Å². The standard InChI is InChI=1S/C15H21N3O2/c1-10(14(16)18-20)9-17-15(19)13-8-4-6-11-5-2-3-7-12(11)13/h2-3,5,7,10,13,20H,4,6,8-9H2,1H3,(H2,16,18)(H,17,19). The SMILES string of the molecule is CC(CNC(=O)C1CCCc2ccccc21)C(N)=NO. The number of benzene rings is 1. The molecule has 1 amide bonds. The van der Waals surface area contributed by atoms with Crippen LogP contribution in [0.2, 0.25) is 0 Å². The first-order valence-corrected chi connectivity index (χ1v) is 6.96. The van der Waals surface area contributed by atoms with Gasteiger partial charge in [-0.05, 0) is 30.4 Å². The highest BCUT2D eigenvalue weighted by Crippen LogP contribution is 2.31. The molecule has 0 radical (unpaired) electrons. The molecule has 5 heteroatoms. The number of rotatable bonds is 4. The summed E-state index contributed by atoms with van der Waals surface area (Å²) in [6.45, 7) is 2.19. The van der Waals surface area contributed by atoms with Gasteiger partial charge in [-0.1, -0.05) is 36.3 Å². The lowest BCUT2D eigenvalue weighted by Gasteiger charge is -2.25. The van der Waals surface area contributed by atoms with Crippen LogP contribution in [0.1, 0.15) is 36.8 Å². The van der Waals surface area contributed by atoms with Gasteiger partial charge in [0.15, 0.2) is 0 Å². The summed E-state index contributed by atoms with van der Waals surface area (Å²) >= 11 is 0. The lowest BCUT2D eigenvalue weighted by atomic mass is 9.82. The molecule has 1 aliphatic carbocycles. The molecule has 0 saturated carbocycles. The zero-order valence-electron chi connectivity index (χ0n) is 11.7. The number of nitrogens with zero attached hydrogens (tertiary/aromatic N) is 1. The van der Waals surface area contributed by atoms with E-state index in [4.69, 9.17) is 10.9 Å². The zero-order valence-corrected chi connectivity index (χ0v) is 11.7. The molecule has 5 nitrogen and oxygen atoms in total. The van der Waals surface area contributed by atoms with Crippen molar-refractivity contribution < 1.29 is 10.0 Å². The van der Waals surface area contributed by atoms with Crippen molar-refractivity contribution in [2.45, 2.75) is 32.1 Å². The van der Waals surface area contributed by atoms with Crippen molar-refractivity contribution in [1.82, 2.24) is 5.32 Å². The van der Waals surface area contributed by atoms with Crippen LogP contribution in [0.4, 0.5) is 0 Å². The average molecular weight is 275 g/mol. The number of amides is 1. The van der Waals surface area contributed by atoms with Crippen molar-refractivity contribution >= 4 is 11.7 Å². The van der Waals surface area contributed by atoms with Crippen LogP contribution in [0, 0.1) is 5.92 Å². The van der Waals surface area contributed by atoms with Crippen molar-refractivity contribution in [2.75, 3.05) is 6.54 Å². The number of fused-ring (bicyclic) bond motifs is 1. The lowest BCUT2D eigenvalue weighted by Crippen LogP contribution is -2.37. The van der Waals surface area contributed by atoms with Crippen molar-refractivity contribution in [3.05, 3.63) is 35.4 Å². The first-order valence-electron chi connectivity index (χ1n) is 6.96. The smallest absolute Gasteiger partial charge is 0.227 e. The Bertz CT molecular complexity index is 514. The maximum absolute atomic E-state index is 12.3. The molecule has 108 valence electrons. The highest BCUT2D eigenvalue weighted by Gasteiger charge is 2.26. The molecule has 4 N–H and O–H groups in total. The number of carbonyl (C=O) groups excluding carboxylic acids is 1. The van der Waals surface area contributed by atoms with Crippen LogP contribution in [0.5, 0.6) is 0 Å². The normalized spacial score (nSPS) is 20.1. The van der Waals surface area contributed by atoms with Gasteiger partial charge in [-0.3, -0.25) is 4.79 Å². The third-order valence-corrected chi connectivity index (χ3v) is 3.89. The third kappa shape index (κ3) is 3.10. The Morgan fingerprint density at radius 1 is 1.55 bits per heavy atom. The van der Waals surface area contributed by atoms with E-state index in [0.29, 0.717) is 6.54 Å². The number of carbonyl (C=O) groups is 1. The minimum Gasteiger partial charge on any atom is -0.409 e. The van der Waals surface area contributed by atoms with E-state index < -0.39 is 0 Å². The molecule has 1 aromatic carbocycles. The van der Waals surface area contributed by atoms with Gasteiger partial charge >= 0.3 is 0 Å². The second-order valence-corrected chi connectivity index (χ2v) is 5.31. The monoisotopic (exact) mass is 275 g/mol. The summed E-state index contributed by atoms with van der Waals surface area (Å²) in [6.07, 6.45) is 2.95. The summed E-state index contributed by atoms with van der Waals surface area (Å²) in [4.78, 5) is 12.3. The summed E-state index contributed by atoms with van der Waals surface area (Å²) in [6, 6.07) is 8.11. The van der Waals surface area contributed by atoms with Crippen LogP contribution < -0.4 is 11.1 Å². The number of amidine groups is 1. The third-order valence-electron chi connectivity index (χ3n) is 3.89. The summed E-state index contributed by atoms with van der Waals surface area (Å²) in [5.74, 6) is -0.105. The quantitative estimate of drug-likeness (QED) is 0.337. The molecule has 0 fully saturated rings. The largest absolute Gasteiger partial charge is 0.409 e. The molecule has 2 atom stereocenters. The van der Waals surface area contributed by atoms with Gasteiger partial charge in [0.1, 0.15) is 5.84 Å². The van der Waals surface area contributed by atoms with Gasteiger partial charge in [-0.2, -0.15) is 0 Å². The molecule has 0 bridgehead atoms. The maximum Gasteiger partial charge on any atom is 0.227 e. The number of hydrogen-bond acceptors (Lipinski definition) is 3. The molecular formula is C15H21N3O2. The molecule has 0 aromatic heterocycles. The van der Waals surface area contributed by atoms with Crippen molar-refractivity contribution in [1.29, 1.82) is 0 Å². The predicted octanol–water partition coefficient (Wildman–Crippen LogP) is 1.61. The van der Waals surface area contributed by atoms with E-state index in [0.717, 1.165) is 24.8 Å². The first-order chi connectivity index (χ1) is 9.63. The number of nitrogens with one attached hydrogen (secondary N) is 1. The molecule has 20 heavy (non-hydrogen) atoms. The molecule has 1 aliphatic rings. The lowest BCUT2D eigenvalue weighted by molar-refractivity contribution is -0.122. The molecular weight excluding hydrogens is 254 g/mol. The highest BCUT2D eigenvalue weighted by atomic mass is 16.4. The van der Waals surface area contributed by atoms with E-state index in [1.54, 1.807) is 0 Å². The van der Waals surface area contributed by atoms with Gasteiger partial charge in [-0.25, -0.2) is 0 Å². The van der Waals surface area contributed by atoms with E-state index in [2.05, 4.69) is 16.5 Å². The highest BCUT2D eigenvalue weighted by molar-refractivity contribution is 5.86. The first kappa shape index (κ1) is 14.4. The maximum atomic E-state index is 12.3. The van der Waals surface area contributed by atoms with Gasteiger partial charge in [0, 0.05) is 12.5 Å². The van der Waals surface area contributed by atoms with E-state index in [1.165, 1.54) is 5.56 Å². The summed E-state index contributed by atoms with van der Waals surface area (Å²) in [5.41, 5.74) is 7.91. The van der Waals surface area contributed by atoms with Crippen molar-refractivity contribution in [3.8, 4) is 0 Å². The van der Waals surface area contributed by atoms with Gasteiger partial charge in [-0.15, -0.1) is 0 Å². The number of nitrogens with two attached hydrogens (primary N) is 1. The van der Waals surface area contributed by atoms with Gasteiger partial charge < -0.3 is 16.3 Å². The zero-order chi connectivity index (χ0) is 14.5. The van der Waals surface area contributed by atoms with Crippen LogP contribution in [-0.4, -0.2) is 23.5 Å². The molecule has 1 aromatic rings. The Morgan fingerprint density at radius 3 is 3.05 bits per heavy atom. The molecule has 0 heterocycles. The van der Waals surface area contributed by atoms with Gasteiger partial charge in [0.05, 0.1) is 5.92 Å². The van der Waals surface area contributed by atoms with E-state index in [9.17, 15) is 4.79 Å². The minimum atomic E-state index is -0.178. The number of aryl methyl sites for hydroxylation is 1. The van der Waals surface area contributed by atoms with E-state index in [1.807, 2.05) is 25.1 Å². The van der Waals surface area contributed by atoms with Crippen molar-refractivity contribution in [3.63, 3.8) is 0 Å². The van der Waals surface area contributed by atoms with E-state index >= 15 is 0 Å². The van der Waals surface area contributed by atoms with Crippen LogP contribution in [0.3, 0.4) is 0 Å². The Morgan fingerprint density at radius 2 is 2.30 bits per heavy atom. The van der Waals surface area contributed by atoms with Crippen molar-refractivity contribution in [2.24, 2.45) is 16.8 Å². The summed E-state index contributed by atoms with van der Waals surface area (Å²) in [7, 11) is 0.